The summed E-state index contributed by atoms with van der Waals surface area (Å²) in [5.74, 6) is -0.105. The molecule has 5 heteroatoms. The van der Waals surface area contributed by atoms with E-state index in [0.717, 1.165) is 34.6 Å². The maximum Gasteiger partial charge on any atom is 0.255 e. The summed E-state index contributed by atoms with van der Waals surface area (Å²) in [5, 5.41) is 6.19. The molecule has 0 saturated carbocycles. The Balaban J connectivity index is 1.82. The van der Waals surface area contributed by atoms with E-state index in [1.807, 2.05) is 37.3 Å². The summed E-state index contributed by atoms with van der Waals surface area (Å²) in [4.78, 5) is 16.6. The molecule has 0 aliphatic carbocycles. The minimum absolute atomic E-state index is 0.105. The number of hydrogen-bond donors (Lipinski definition) is 2. The average molecular weight is 332 g/mol. The van der Waals surface area contributed by atoms with Gasteiger partial charge in [-0.3, -0.25) is 4.79 Å². The number of aromatic nitrogens is 1. The molecular formula is C15H14BrN3O. The molecule has 1 aromatic carbocycles. The Morgan fingerprint density at radius 3 is 3.00 bits per heavy atom. The number of rotatable bonds is 2. The first-order chi connectivity index (χ1) is 9.63. The van der Waals surface area contributed by atoms with Crippen LogP contribution in [0.5, 0.6) is 0 Å². The molecule has 0 bridgehead atoms. The van der Waals surface area contributed by atoms with Crippen LogP contribution >= 0.6 is 15.9 Å². The minimum atomic E-state index is -0.105. The lowest BCUT2D eigenvalue weighted by atomic mass is 10.1. The van der Waals surface area contributed by atoms with Gasteiger partial charge in [0, 0.05) is 17.8 Å². The second kappa shape index (κ2) is 5.25. The number of fused-ring (bicyclic) bond motifs is 1. The maximum absolute atomic E-state index is 12.3. The van der Waals surface area contributed by atoms with Gasteiger partial charge in [0.2, 0.25) is 0 Å². The topological polar surface area (TPSA) is 54.0 Å². The Hall–Kier alpha value is -1.88. The van der Waals surface area contributed by atoms with Crippen LogP contribution in [0.2, 0.25) is 0 Å². The molecule has 2 heterocycles. The molecule has 1 aliphatic heterocycles. The van der Waals surface area contributed by atoms with Gasteiger partial charge in [-0.2, -0.15) is 0 Å². The average Bonchev–Trinajstić information content (AvgIpc) is 2.89. The predicted octanol–water partition coefficient (Wildman–Crippen LogP) is 3.37. The van der Waals surface area contributed by atoms with E-state index in [-0.39, 0.29) is 5.91 Å². The van der Waals surface area contributed by atoms with Crippen molar-refractivity contribution >= 4 is 33.2 Å². The molecule has 0 fully saturated rings. The number of carbonyl (C=O) groups is 1. The van der Waals surface area contributed by atoms with Gasteiger partial charge in [-0.1, -0.05) is 0 Å². The number of carbonyl (C=O) groups excluding carboxylic acids is 1. The Morgan fingerprint density at radius 1 is 1.35 bits per heavy atom. The van der Waals surface area contributed by atoms with Crippen molar-refractivity contribution in [2.45, 2.75) is 13.3 Å². The van der Waals surface area contributed by atoms with Crippen LogP contribution in [0.15, 0.2) is 34.9 Å². The number of halogens is 1. The molecule has 0 radical (unpaired) electrons. The van der Waals surface area contributed by atoms with Crippen molar-refractivity contribution in [1.29, 1.82) is 0 Å². The number of benzene rings is 1. The molecular weight excluding hydrogens is 318 g/mol. The number of anilines is 2. The Kier molecular flexibility index (Phi) is 3.44. The molecule has 0 unspecified atom stereocenters. The Morgan fingerprint density at radius 2 is 2.20 bits per heavy atom. The van der Waals surface area contributed by atoms with Crippen LogP contribution in [0, 0.1) is 6.92 Å². The SMILES string of the molecule is Cc1nc(Br)ccc1NC(=O)c1ccc2c(c1)CCN2. The van der Waals surface area contributed by atoms with Crippen LogP contribution in [0.3, 0.4) is 0 Å². The van der Waals surface area contributed by atoms with E-state index in [4.69, 9.17) is 0 Å². The second-order valence-electron chi connectivity index (χ2n) is 4.77. The van der Waals surface area contributed by atoms with Crippen molar-refractivity contribution in [2.24, 2.45) is 0 Å². The predicted molar refractivity (Wildman–Crippen MR) is 83.3 cm³/mol. The van der Waals surface area contributed by atoms with Gasteiger partial charge in [0.1, 0.15) is 4.60 Å². The lowest BCUT2D eigenvalue weighted by molar-refractivity contribution is 0.102. The first kappa shape index (κ1) is 13.1. The molecule has 0 spiro atoms. The maximum atomic E-state index is 12.3. The zero-order chi connectivity index (χ0) is 14.1. The summed E-state index contributed by atoms with van der Waals surface area (Å²) in [6, 6.07) is 9.42. The fourth-order valence-electron chi connectivity index (χ4n) is 2.30. The van der Waals surface area contributed by atoms with Gasteiger partial charge < -0.3 is 10.6 Å². The first-order valence-corrected chi connectivity index (χ1v) is 7.24. The second-order valence-corrected chi connectivity index (χ2v) is 5.58. The summed E-state index contributed by atoms with van der Waals surface area (Å²) in [5.41, 5.74) is 4.52. The highest BCUT2D eigenvalue weighted by Crippen LogP contribution is 2.24. The first-order valence-electron chi connectivity index (χ1n) is 6.45. The van der Waals surface area contributed by atoms with Crippen LogP contribution < -0.4 is 10.6 Å². The van der Waals surface area contributed by atoms with E-state index in [1.54, 1.807) is 0 Å². The smallest absolute Gasteiger partial charge is 0.255 e. The number of amides is 1. The van der Waals surface area contributed by atoms with Gasteiger partial charge in [0.25, 0.3) is 5.91 Å². The number of nitrogens with zero attached hydrogens (tertiary/aromatic N) is 1. The number of hydrogen-bond acceptors (Lipinski definition) is 3. The zero-order valence-electron chi connectivity index (χ0n) is 11.0. The van der Waals surface area contributed by atoms with Crippen molar-refractivity contribution in [2.75, 3.05) is 17.2 Å². The molecule has 4 nitrogen and oxygen atoms in total. The van der Waals surface area contributed by atoms with Gasteiger partial charge in [0.05, 0.1) is 11.4 Å². The summed E-state index contributed by atoms with van der Waals surface area (Å²) in [6.45, 7) is 2.81. The molecule has 0 atom stereocenters. The lowest BCUT2D eigenvalue weighted by Gasteiger charge is -2.09. The van der Waals surface area contributed by atoms with Crippen molar-refractivity contribution < 1.29 is 4.79 Å². The molecule has 1 amide bonds. The van der Waals surface area contributed by atoms with E-state index < -0.39 is 0 Å². The summed E-state index contributed by atoms with van der Waals surface area (Å²) >= 11 is 3.31. The highest BCUT2D eigenvalue weighted by atomic mass is 79.9. The van der Waals surface area contributed by atoms with Crippen LogP contribution in [-0.4, -0.2) is 17.4 Å². The van der Waals surface area contributed by atoms with E-state index in [9.17, 15) is 4.79 Å². The third-order valence-electron chi connectivity index (χ3n) is 3.38. The fraction of sp³-hybridized carbons (Fsp3) is 0.200. The van der Waals surface area contributed by atoms with Gasteiger partial charge >= 0.3 is 0 Å². The highest BCUT2D eigenvalue weighted by molar-refractivity contribution is 9.10. The molecule has 0 saturated heterocycles. The van der Waals surface area contributed by atoms with Crippen LogP contribution in [0.25, 0.3) is 0 Å². The molecule has 2 aromatic rings. The quantitative estimate of drug-likeness (QED) is 0.829. The van der Waals surface area contributed by atoms with E-state index in [2.05, 4.69) is 31.5 Å². The van der Waals surface area contributed by atoms with Gasteiger partial charge in [-0.15, -0.1) is 0 Å². The van der Waals surface area contributed by atoms with Crippen molar-refractivity contribution in [3.8, 4) is 0 Å². The molecule has 2 N–H and O–H groups in total. The lowest BCUT2D eigenvalue weighted by Crippen LogP contribution is -2.13. The molecule has 3 rings (SSSR count). The normalized spacial score (nSPS) is 12.7. The summed E-state index contributed by atoms with van der Waals surface area (Å²) in [6.07, 6.45) is 0.968. The van der Waals surface area contributed by atoms with Crippen molar-refractivity contribution in [3.63, 3.8) is 0 Å². The zero-order valence-corrected chi connectivity index (χ0v) is 12.6. The van der Waals surface area contributed by atoms with Crippen LogP contribution in [0.1, 0.15) is 21.6 Å². The van der Waals surface area contributed by atoms with Gasteiger partial charge in [-0.05, 0) is 65.2 Å². The third kappa shape index (κ3) is 2.54. The number of pyridine rings is 1. The molecule has 1 aromatic heterocycles. The summed E-state index contributed by atoms with van der Waals surface area (Å²) in [7, 11) is 0. The van der Waals surface area contributed by atoms with E-state index in [1.165, 1.54) is 5.56 Å². The van der Waals surface area contributed by atoms with Crippen molar-refractivity contribution in [3.05, 3.63) is 51.8 Å². The molecule has 20 heavy (non-hydrogen) atoms. The van der Waals surface area contributed by atoms with Gasteiger partial charge in [0.15, 0.2) is 0 Å². The Bertz CT molecular complexity index is 685. The highest BCUT2D eigenvalue weighted by Gasteiger charge is 2.14. The molecule has 102 valence electrons. The van der Waals surface area contributed by atoms with Crippen molar-refractivity contribution in [1.82, 2.24) is 4.98 Å². The minimum Gasteiger partial charge on any atom is -0.384 e. The van der Waals surface area contributed by atoms with E-state index >= 15 is 0 Å². The number of aryl methyl sites for hydroxylation is 1. The largest absolute Gasteiger partial charge is 0.384 e. The van der Waals surface area contributed by atoms with Gasteiger partial charge in [-0.25, -0.2) is 4.98 Å². The monoisotopic (exact) mass is 331 g/mol. The van der Waals surface area contributed by atoms with Crippen LogP contribution in [-0.2, 0) is 6.42 Å². The van der Waals surface area contributed by atoms with E-state index in [0.29, 0.717) is 5.56 Å². The summed E-state index contributed by atoms with van der Waals surface area (Å²) < 4.78 is 0.761. The third-order valence-corrected chi connectivity index (χ3v) is 3.82. The van der Waals surface area contributed by atoms with Crippen LogP contribution in [0.4, 0.5) is 11.4 Å². The molecule has 1 aliphatic rings. The fourth-order valence-corrected chi connectivity index (χ4v) is 2.70. The number of nitrogens with one attached hydrogen (secondary N) is 2. The Labute approximate surface area is 125 Å². The standard InChI is InChI=1S/C15H14BrN3O/c1-9-12(4-5-14(16)18-9)19-15(20)11-2-3-13-10(8-11)6-7-17-13/h2-5,8,17H,6-7H2,1H3,(H,19,20).